The minimum Gasteiger partial charge on any atom is -0.459 e. The summed E-state index contributed by atoms with van der Waals surface area (Å²) in [4.78, 5) is 11.4. The van der Waals surface area contributed by atoms with Gasteiger partial charge < -0.3 is 4.74 Å². The fourth-order valence-electron chi connectivity index (χ4n) is 1.15. The Morgan fingerprint density at radius 1 is 1.50 bits per heavy atom. The Balaban J connectivity index is 2.61. The van der Waals surface area contributed by atoms with Crippen LogP contribution >= 0.6 is 0 Å². The Morgan fingerprint density at radius 2 is 2.11 bits per heavy atom. The number of hydrogen-bond donors (Lipinski definition) is 1. The van der Waals surface area contributed by atoms with Gasteiger partial charge in [0.05, 0.1) is 6.20 Å². The Bertz CT molecular complexity index is 528. The molecule has 1 aromatic heterocycles. The number of ether oxygens (including phenoxy) is 1. The number of carbonyl (C=O) groups excluding carboxylic acids is 1. The molecule has 0 saturated heterocycles. The van der Waals surface area contributed by atoms with Crippen LogP contribution < -0.4 is 4.72 Å². The summed E-state index contributed by atoms with van der Waals surface area (Å²) in [6.07, 6.45) is 2.55. The molecular formula is C10H17N3O4S. The number of sulfonamides is 1. The Hall–Kier alpha value is -1.41. The van der Waals surface area contributed by atoms with Crippen molar-refractivity contribution in [1.29, 1.82) is 0 Å². The molecule has 0 amide bonds. The van der Waals surface area contributed by atoms with Gasteiger partial charge in [0.15, 0.2) is 0 Å². The third kappa shape index (κ3) is 4.46. The molecule has 1 aromatic rings. The Kier molecular flexibility index (Phi) is 4.12. The van der Waals surface area contributed by atoms with Crippen molar-refractivity contribution in [3.05, 3.63) is 12.4 Å². The molecule has 0 aliphatic rings. The van der Waals surface area contributed by atoms with Gasteiger partial charge in [-0.15, -0.1) is 0 Å². The van der Waals surface area contributed by atoms with Gasteiger partial charge >= 0.3 is 5.97 Å². The van der Waals surface area contributed by atoms with E-state index in [1.165, 1.54) is 17.1 Å². The lowest BCUT2D eigenvalue weighted by atomic mass is 10.2. The maximum Gasteiger partial charge on any atom is 0.321 e. The monoisotopic (exact) mass is 275 g/mol. The van der Waals surface area contributed by atoms with E-state index in [1.807, 2.05) is 0 Å². The molecule has 1 rings (SSSR count). The summed E-state index contributed by atoms with van der Waals surface area (Å²) in [7, 11) is -2.12. The van der Waals surface area contributed by atoms with Crippen LogP contribution in [0.15, 0.2) is 17.3 Å². The summed E-state index contributed by atoms with van der Waals surface area (Å²) >= 11 is 0. The summed E-state index contributed by atoms with van der Waals surface area (Å²) in [6.45, 7) is 4.72. The summed E-state index contributed by atoms with van der Waals surface area (Å²) in [5, 5.41) is 3.75. The first kappa shape index (κ1) is 14.7. The van der Waals surface area contributed by atoms with E-state index < -0.39 is 28.1 Å². The van der Waals surface area contributed by atoms with E-state index in [1.54, 1.807) is 27.8 Å². The average molecular weight is 275 g/mol. The zero-order chi connectivity index (χ0) is 14.0. The molecule has 0 unspecified atom stereocenters. The molecule has 0 spiro atoms. The van der Waals surface area contributed by atoms with Crippen molar-refractivity contribution in [3.63, 3.8) is 0 Å². The van der Waals surface area contributed by atoms with Crippen LogP contribution in [0.4, 0.5) is 0 Å². The van der Waals surface area contributed by atoms with Crippen molar-refractivity contribution in [3.8, 4) is 0 Å². The molecule has 0 aromatic carbocycles. The number of nitrogens with one attached hydrogen (secondary N) is 1. The normalized spacial score (nSPS) is 12.4. The summed E-state index contributed by atoms with van der Waals surface area (Å²) in [5.74, 6) is -0.630. The van der Waals surface area contributed by atoms with Crippen LogP contribution in [0.5, 0.6) is 0 Å². The topological polar surface area (TPSA) is 90.3 Å². The molecular weight excluding hydrogens is 258 g/mol. The maximum atomic E-state index is 11.7. The molecule has 1 N–H and O–H groups in total. The number of aromatic nitrogens is 2. The molecule has 18 heavy (non-hydrogen) atoms. The first-order valence-corrected chi connectivity index (χ1v) is 6.79. The van der Waals surface area contributed by atoms with E-state index in [-0.39, 0.29) is 4.90 Å². The minimum atomic E-state index is -3.72. The molecule has 8 heteroatoms. The first-order valence-electron chi connectivity index (χ1n) is 5.30. The number of nitrogens with zero attached hydrogens (tertiary/aromatic N) is 2. The fraction of sp³-hybridized carbons (Fsp3) is 0.600. The van der Waals surface area contributed by atoms with Crippen molar-refractivity contribution in [2.45, 2.75) is 31.3 Å². The van der Waals surface area contributed by atoms with Gasteiger partial charge in [0.1, 0.15) is 17.0 Å². The lowest BCUT2D eigenvalue weighted by molar-refractivity contribution is -0.153. The highest BCUT2D eigenvalue weighted by Gasteiger charge is 2.20. The second kappa shape index (κ2) is 5.07. The molecule has 0 aliphatic carbocycles. The smallest absolute Gasteiger partial charge is 0.321 e. The molecule has 0 fully saturated rings. The van der Waals surface area contributed by atoms with Gasteiger partial charge in [-0.25, -0.2) is 8.42 Å². The van der Waals surface area contributed by atoms with Crippen LogP contribution in [0.25, 0.3) is 0 Å². The third-order valence-electron chi connectivity index (χ3n) is 1.82. The van der Waals surface area contributed by atoms with Crippen molar-refractivity contribution in [2.24, 2.45) is 7.05 Å². The van der Waals surface area contributed by atoms with Gasteiger partial charge in [0.2, 0.25) is 10.0 Å². The van der Waals surface area contributed by atoms with Gasteiger partial charge in [-0.3, -0.25) is 9.48 Å². The van der Waals surface area contributed by atoms with Crippen LogP contribution in [0.2, 0.25) is 0 Å². The highest BCUT2D eigenvalue weighted by molar-refractivity contribution is 7.89. The van der Waals surface area contributed by atoms with E-state index in [4.69, 9.17) is 4.74 Å². The lowest BCUT2D eigenvalue weighted by Gasteiger charge is -2.19. The van der Waals surface area contributed by atoms with Gasteiger partial charge in [0.25, 0.3) is 0 Å². The van der Waals surface area contributed by atoms with E-state index in [9.17, 15) is 13.2 Å². The van der Waals surface area contributed by atoms with Gasteiger partial charge in [0, 0.05) is 13.2 Å². The number of aryl methyl sites for hydroxylation is 1. The summed E-state index contributed by atoms with van der Waals surface area (Å²) in [6, 6.07) is 0. The highest BCUT2D eigenvalue weighted by Crippen LogP contribution is 2.08. The summed E-state index contributed by atoms with van der Waals surface area (Å²) < 4.78 is 32.0. The zero-order valence-corrected chi connectivity index (χ0v) is 11.6. The molecule has 102 valence electrons. The first-order chi connectivity index (χ1) is 8.10. The summed E-state index contributed by atoms with van der Waals surface area (Å²) in [5.41, 5.74) is -0.642. The van der Waals surface area contributed by atoms with Gasteiger partial charge in [-0.05, 0) is 20.8 Å². The lowest BCUT2D eigenvalue weighted by Crippen LogP contribution is -2.34. The van der Waals surface area contributed by atoms with Gasteiger partial charge in [-0.1, -0.05) is 0 Å². The molecule has 0 aliphatic heterocycles. The Morgan fingerprint density at radius 3 is 2.56 bits per heavy atom. The molecule has 7 nitrogen and oxygen atoms in total. The number of esters is 1. The standard InChI is InChI=1S/C10H17N3O4S/c1-10(2,3)17-9(14)6-12-18(15,16)8-5-11-13(4)7-8/h5,7,12H,6H2,1-4H3. The predicted molar refractivity (Wildman–Crippen MR) is 64.2 cm³/mol. The van der Waals surface area contributed by atoms with E-state index in [0.717, 1.165) is 0 Å². The third-order valence-corrected chi connectivity index (χ3v) is 3.17. The SMILES string of the molecule is Cn1cc(S(=O)(=O)NCC(=O)OC(C)(C)C)cn1. The number of carbonyl (C=O) groups is 1. The molecule has 0 atom stereocenters. The Labute approximate surface area is 106 Å². The molecule has 1 heterocycles. The quantitative estimate of drug-likeness (QED) is 0.783. The molecule has 0 radical (unpaired) electrons. The molecule has 0 bridgehead atoms. The second-order valence-corrected chi connectivity index (χ2v) is 6.53. The predicted octanol–water partition coefficient (Wildman–Crippen LogP) is 0.0401. The van der Waals surface area contributed by atoms with Crippen LogP contribution in [0.3, 0.4) is 0 Å². The van der Waals surface area contributed by atoms with E-state index >= 15 is 0 Å². The van der Waals surface area contributed by atoms with Crippen molar-refractivity contribution in [2.75, 3.05) is 6.54 Å². The number of hydrogen-bond acceptors (Lipinski definition) is 5. The van der Waals surface area contributed by atoms with E-state index in [0.29, 0.717) is 0 Å². The molecule has 0 saturated carbocycles. The van der Waals surface area contributed by atoms with Gasteiger partial charge in [-0.2, -0.15) is 9.82 Å². The maximum absolute atomic E-state index is 11.7. The van der Waals surface area contributed by atoms with Crippen molar-refractivity contribution >= 4 is 16.0 Å². The fourth-order valence-corrected chi connectivity index (χ4v) is 2.10. The second-order valence-electron chi connectivity index (χ2n) is 4.76. The van der Waals surface area contributed by atoms with Crippen LogP contribution in [-0.2, 0) is 26.6 Å². The zero-order valence-electron chi connectivity index (χ0n) is 10.8. The largest absolute Gasteiger partial charge is 0.459 e. The van der Waals surface area contributed by atoms with Crippen LogP contribution in [-0.4, -0.2) is 36.3 Å². The number of rotatable bonds is 4. The van der Waals surface area contributed by atoms with Crippen molar-refractivity contribution in [1.82, 2.24) is 14.5 Å². The average Bonchev–Trinajstić information content (AvgIpc) is 2.60. The van der Waals surface area contributed by atoms with E-state index in [2.05, 4.69) is 9.82 Å². The minimum absolute atomic E-state index is 0.00792. The van der Waals surface area contributed by atoms with Crippen LogP contribution in [0.1, 0.15) is 20.8 Å². The van der Waals surface area contributed by atoms with Crippen LogP contribution in [0, 0.1) is 0 Å². The highest BCUT2D eigenvalue weighted by atomic mass is 32.2. The van der Waals surface area contributed by atoms with Crippen molar-refractivity contribution < 1.29 is 17.9 Å².